The van der Waals surface area contributed by atoms with Gasteiger partial charge in [-0.15, -0.1) is 0 Å². The number of oxime groups is 1. The molecule has 6 nitrogen and oxygen atoms in total. The Balaban J connectivity index is 1.88. The molecule has 0 saturated carbocycles. The first-order chi connectivity index (χ1) is 10.1. The first kappa shape index (κ1) is 15.7. The molecule has 116 valence electrons. The molecule has 6 heteroatoms. The molecule has 1 fully saturated rings. The molecule has 2 rings (SSSR count). The van der Waals surface area contributed by atoms with E-state index < -0.39 is 0 Å². The van der Waals surface area contributed by atoms with Gasteiger partial charge in [-0.1, -0.05) is 18.1 Å². The van der Waals surface area contributed by atoms with E-state index in [1.165, 1.54) is 0 Å². The predicted octanol–water partition coefficient (Wildman–Crippen LogP) is 1.03. The molecule has 2 heterocycles. The third-order valence-corrected chi connectivity index (χ3v) is 4.02. The third kappa shape index (κ3) is 4.15. The van der Waals surface area contributed by atoms with E-state index in [0.717, 1.165) is 50.5 Å². The molecule has 3 N–H and O–H groups in total. The number of pyridine rings is 1. The molecule has 0 radical (unpaired) electrons. The summed E-state index contributed by atoms with van der Waals surface area (Å²) in [5.74, 6) is 0.311. The van der Waals surface area contributed by atoms with Crippen molar-refractivity contribution >= 4 is 5.84 Å². The second-order valence-electron chi connectivity index (χ2n) is 5.53. The maximum Gasteiger partial charge on any atom is 0.156 e. The van der Waals surface area contributed by atoms with Crippen molar-refractivity contribution in [1.82, 2.24) is 14.8 Å². The van der Waals surface area contributed by atoms with Crippen molar-refractivity contribution in [2.45, 2.75) is 32.9 Å². The number of nitrogens with two attached hydrogens (primary N) is 1. The Kier molecular flexibility index (Phi) is 5.52. The normalized spacial score (nSPS) is 19.6. The summed E-state index contributed by atoms with van der Waals surface area (Å²) in [7, 11) is 0. The third-order valence-electron chi connectivity index (χ3n) is 4.02. The van der Waals surface area contributed by atoms with Gasteiger partial charge in [-0.05, 0) is 25.5 Å². The Morgan fingerprint density at radius 1 is 1.38 bits per heavy atom. The van der Waals surface area contributed by atoms with Gasteiger partial charge < -0.3 is 10.9 Å². The molecule has 0 aromatic carbocycles. The van der Waals surface area contributed by atoms with Crippen LogP contribution in [0.5, 0.6) is 0 Å². The van der Waals surface area contributed by atoms with Crippen LogP contribution in [-0.2, 0) is 6.54 Å². The fourth-order valence-corrected chi connectivity index (χ4v) is 2.87. The van der Waals surface area contributed by atoms with Gasteiger partial charge in [-0.2, -0.15) is 0 Å². The van der Waals surface area contributed by atoms with E-state index >= 15 is 0 Å². The number of rotatable bonds is 5. The van der Waals surface area contributed by atoms with E-state index in [0.29, 0.717) is 5.84 Å². The molecule has 1 aliphatic heterocycles. The van der Waals surface area contributed by atoms with Gasteiger partial charge in [0.05, 0.1) is 11.7 Å². The lowest BCUT2D eigenvalue weighted by Gasteiger charge is -2.38. The van der Waals surface area contributed by atoms with Gasteiger partial charge in [0.2, 0.25) is 0 Å². The summed E-state index contributed by atoms with van der Waals surface area (Å²) in [6.07, 6.45) is 0.856. The van der Waals surface area contributed by atoms with Crippen molar-refractivity contribution in [3.63, 3.8) is 0 Å². The molecule has 1 atom stereocenters. The zero-order valence-electron chi connectivity index (χ0n) is 12.9. The summed E-state index contributed by atoms with van der Waals surface area (Å²) in [6, 6.07) is 6.18. The minimum atomic E-state index is 0.0363. The minimum Gasteiger partial charge on any atom is -0.409 e. The average Bonchev–Trinajstić information content (AvgIpc) is 2.49. The molecule has 0 spiro atoms. The zero-order valence-corrected chi connectivity index (χ0v) is 12.9. The van der Waals surface area contributed by atoms with Crippen LogP contribution in [0, 0.1) is 6.92 Å². The highest BCUT2D eigenvalue weighted by molar-refractivity contribution is 5.85. The maximum absolute atomic E-state index is 8.86. The van der Waals surface area contributed by atoms with Crippen LogP contribution in [0.25, 0.3) is 0 Å². The summed E-state index contributed by atoms with van der Waals surface area (Å²) < 4.78 is 0. The van der Waals surface area contributed by atoms with Crippen LogP contribution in [-0.4, -0.2) is 58.0 Å². The van der Waals surface area contributed by atoms with Crippen LogP contribution in [0.1, 0.15) is 24.7 Å². The average molecular weight is 291 g/mol. The van der Waals surface area contributed by atoms with Gasteiger partial charge in [-0.3, -0.25) is 14.8 Å². The number of hydrogen-bond donors (Lipinski definition) is 2. The van der Waals surface area contributed by atoms with E-state index in [1.807, 2.05) is 13.0 Å². The molecule has 1 aromatic heterocycles. The van der Waals surface area contributed by atoms with Crippen molar-refractivity contribution in [3.8, 4) is 0 Å². The number of hydrogen-bond acceptors (Lipinski definition) is 5. The highest BCUT2D eigenvalue weighted by Crippen LogP contribution is 2.12. The summed E-state index contributed by atoms with van der Waals surface area (Å²) in [6.45, 7) is 8.78. The molecule has 0 aliphatic carbocycles. The summed E-state index contributed by atoms with van der Waals surface area (Å²) in [5.41, 5.74) is 7.95. The van der Waals surface area contributed by atoms with Crippen molar-refractivity contribution < 1.29 is 5.21 Å². The van der Waals surface area contributed by atoms with Crippen LogP contribution < -0.4 is 5.73 Å². The quantitative estimate of drug-likeness (QED) is 0.367. The molecule has 1 aliphatic rings. The fraction of sp³-hybridized carbons (Fsp3) is 0.600. The Morgan fingerprint density at radius 3 is 2.67 bits per heavy atom. The fourth-order valence-electron chi connectivity index (χ4n) is 2.87. The lowest BCUT2D eigenvalue weighted by molar-refractivity contribution is 0.109. The monoisotopic (exact) mass is 291 g/mol. The van der Waals surface area contributed by atoms with Crippen LogP contribution in [0.2, 0.25) is 0 Å². The number of nitrogens with zero attached hydrogens (tertiary/aromatic N) is 4. The first-order valence-corrected chi connectivity index (χ1v) is 7.50. The van der Waals surface area contributed by atoms with E-state index in [1.54, 1.807) is 0 Å². The summed E-state index contributed by atoms with van der Waals surface area (Å²) in [5, 5.41) is 12.0. The maximum atomic E-state index is 8.86. The van der Waals surface area contributed by atoms with Gasteiger partial charge in [0.1, 0.15) is 0 Å². The molecule has 21 heavy (non-hydrogen) atoms. The van der Waals surface area contributed by atoms with E-state index in [4.69, 9.17) is 10.9 Å². The number of aryl methyl sites for hydroxylation is 1. The van der Waals surface area contributed by atoms with Gasteiger partial charge >= 0.3 is 0 Å². The van der Waals surface area contributed by atoms with Crippen LogP contribution in [0.4, 0.5) is 0 Å². The predicted molar refractivity (Wildman–Crippen MR) is 83.3 cm³/mol. The molecule has 0 bridgehead atoms. The Labute approximate surface area is 126 Å². The highest BCUT2D eigenvalue weighted by atomic mass is 16.4. The summed E-state index contributed by atoms with van der Waals surface area (Å²) in [4.78, 5) is 9.24. The number of amidine groups is 1. The van der Waals surface area contributed by atoms with Crippen molar-refractivity contribution in [3.05, 3.63) is 29.6 Å². The minimum absolute atomic E-state index is 0.0363. The molecule has 0 amide bonds. The molecular formula is C15H25N5O. The number of piperazine rings is 1. The van der Waals surface area contributed by atoms with Crippen molar-refractivity contribution in [2.75, 3.05) is 26.2 Å². The van der Waals surface area contributed by atoms with Crippen LogP contribution in [0.3, 0.4) is 0 Å². The van der Waals surface area contributed by atoms with Crippen LogP contribution in [0.15, 0.2) is 23.4 Å². The first-order valence-electron chi connectivity index (χ1n) is 7.50. The van der Waals surface area contributed by atoms with Crippen molar-refractivity contribution in [1.29, 1.82) is 0 Å². The smallest absolute Gasteiger partial charge is 0.156 e. The molecular weight excluding hydrogens is 266 g/mol. The Hall–Kier alpha value is -1.66. The second kappa shape index (κ2) is 7.38. The van der Waals surface area contributed by atoms with E-state index in [9.17, 15) is 0 Å². The lowest BCUT2D eigenvalue weighted by Crippen LogP contribution is -2.53. The van der Waals surface area contributed by atoms with E-state index in [-0.39, 0.29) is 6.04 Å². The highest BCUT2D eigenvalue weighted by Gasteiger charge is 2.25. The molecule has 1 aromatic rings. The van der Waals surface area contributed by atoms with E-state index in [2.05, 4.69) is 39.0 Å². The van der Waals surface area contributed by atoms with Crippen molar-refractivity contribution in [2.24, 2.45) is 10.9 Å². The largest absolute Gasteiger partial charge is 0.409 e. The van der Waals surface area contributed by atoms with Gasteiger partial charge in [0.25, 0.3) is 0 Å². The zero-order chi connectivity index (χ0) is 15.2. The Morgan fingerprint density at radius 2 is 2.10 bits per heavy atom. The van der Waals surface area contributed by atoms with Crippen LogP contribution >= 0.6 is 0 Å². The molecule has 1 unspecified atom stereocenters. The lowest BCUT2D eigenvalue weighted by atomic mass is 10.1. The molecule has 1 saturated heterocycles. The summed E-state index contributed by atoms with van der Waals surface area (Å²) >= 11 is 0. The standard InChI is InChI=1S/C15H25N5O/c1-3-14(15(16)18-21)20-9-7-19(8-10-20)11-13-6-4-5-12(2)17-13/h4-6,14,21H,3,7-11H2,1-2H3,(H2,16,18). The topological polar surface area (TPSA) is 78.0 Å². The van der Waals surface area contributed by atoms with Gasteiger partial charge in [0.15, 0.2) is 5.84 Å². The second-order valence-corrected chi connectivity index (χ2v) is 5.53. The Bertz CT molecular complexity index is 483. The van der Waals surface area contributed by atoms with Gasteiger partial charge in [0, 0.05) is 38.4 Å². The number of aromatic nitrogens is 1. The van der Waals surface area contributed by atoms with Gasteiger partial charge in [-0.25, -0.2) is 0 Å². The SMILES string of the molecule is CCC(C(N)=NO)N1CCN(Cc2cccc(C)n2)CC1.